The van der Waals surface area contributed by atoms with Crippen LogP contribution >= 0.6 is 0 Å². The van der Waals surface area contributed by atoms with Gasteiger partial charge in [0, 0.05) is 39.3 Å². The fraction of sp³-hybridized carbons (Fsp3) is 0.750. The molecule has 1 saturated heterocycles. The summed E-state index contributed by atoms with van der Waals surface area (Å²) in [6.45, 7) is 8.78. The molecule has 4 nitrogen and oxygen atoms in total. The molecule has 1 aromatic rings. The van der Waals surface area contributed by atoms with Crippen LogP contribution in [0.5, 0.6) is 0 Å². The van der Waals surface area contributed by atoms with Crippen molar-refractivity contribution in [1.82, 2.24) is 20.0 Å². The van der Waals surface area contributed by atoms with Crippen molar-refractivity contribution in [2.45, 2.75) is 32.9 Å². The molecule has 1 fully saturated rings. The molecule has 0 radical (unpaired) electrons. The Morgan fingerprint density at radius 3 is 3.00 bits per heavy atom. The van der Waals surface area contributed by atoms with Crippen molar-refractivity contribution in [3.63, 3.8) is 0 Å². The summed E-state index contributed by atoms with van der Waals surface area (Å²) in [4.78, 5) is 2.50. The molecule has 2 rings (SSSR count). The first kappa shape index (κ1) is 11.6. The standard InChI is InChI=1S/C12H22N4/c1-4-11-7-12(15(3)14-11)9-16-6-5-13-10(2)8-16/h7,10,13H,4-6,8-9H2,1-3H3/t10-/m0/s1. The van der Waals surface area contributed by atoms with Gasteiger partial charge in [0.1, 0.15) is 0 Å². The third kappa shape index (κ3) is 2.62. The SMILES string of the molecule is CCc1cc(CN2CCN[C@@H](C)C2)n(C)n1. The number of hydrogen-bond acceptors (Lipinski definition) is 3. The summed E-state index contributed by atoms with van der Waals surface area (Å²) in [7, 11) is 2.04. The van der Waals surface area contributed by atoms with Crippen molar-refractivity contribution in [1.29, 1.82) is 0 Å². The van der Waals surface area contributed by atoms with Gasteiger partial charge in [0.2, 0.25) is 0 Å². The highest BCUT2D eigenvalue weighted by Gasteiger charge is 2.17. The molecule has 0 unspecified atom stereocenters. The molecular weight excluding hydrogens is 200 g/mol. The van der Waals surface area contributed by atoms with E-state index in [-0.39, 0.29) is 0 Å². The fourth-order valence-corrected chi connectivity index (χ4v) is 2.28. The lowest BCUT2D eigenvalue weighted by atomic mass is 10.2. The van der Waals surface area contributed by atoms with Crippen LogP contribution in [-0.4, -0.2) is 40.4 Å². The predicted molar refractivity (Wildman–Crippen MR) is 65.3 cm³/mol. The van der Waals surface area contributed by atoms with Gasteiger partial charge >= 0.3 is 0 Å². The molecule has 0 aliphatic carbocycles. The van der Waals surface area contributed by atoms with Gasteiger partial charge in [-0.3, -0.25) is 9.58 Å². The molecule has 1 N–H and O–H groups in total. The number of aromatic nitrogens is 2. The molecule has 0 aromatic carbocycles. The molecule has 4 heteroatoms. The van der Waals surface area contributed by atoms with Crippen LogP contribution in [-0.2, 0) is 20.0 Å². The van der Waals surface area contributed by atoms with Crippen molar-refractivity contribution in [3.05, 3.63) is 17.5 Å². The Labute approximate surface area is 97.6 Å². The monoisotopic (exact) mass is 222 g/mol. The minimum absolute atomic E-state index is 0.604. The first-order chi connectivity index (χ1) is 7.69. The van der Waals surface area contributed by atoms with Gasteiger partial charge < -0.3 is 5.32 Å². The molecule has 0 amide bonds. The second-order valence-corrected chi connectivity index (χ2v) is 4.69. The average molecular weight is 222 g/mol. The summed E-state index contributed by atoms with van der Waals surface area (Å²) >= 11 is 0. The van der Waals surface area contributed by atoms with Gasteiger partial charge in [0.15, 0.2) is 0 Å². The lowest BCUT2D eigenvalue weighted by Gasteiger charge is -2.31. The first-order valence-electron chi connectivity index (χ1n) is 6.16. The summed E-state index contributed by atoms with van der Waals surface area (Å²) in [6, 6.07) is 2.83. The average Bonchev–Trinajstić information content (AvgIpc) is 2.60. The molecule has 1 aliphatic heterocycles. The second-order valence-electron chi connectivity index (χ2n) is 4.69. The van der Waals surface area contributed by atoms with E-state index in [1.54, 1.807) is 0 Å². The molecule has 16 heavy (non-hydrogen) atoms. The minimum Gasteiger partial charge on any atom is -0.312 e. The number of hydrogen-bond donors (Lipinski definition) is 1. The van der Waals surface area contributed by atoms with Crippen LogP contribution in [0.3, 0.4) is 0 Å². The molecule has 1 aliphatic rings. The lowest BCUT2D eigenvalue weighted by molar-refractivity contribution is 0.195. The zero-order valence-corrected chi connectivity index (χ0v) is 10.5. The van der Waals surface area contributed by atoms with Gasteiger partial charge in [-0.1, -0.05) is 6.92 Å². The highest BCUT2D eigenvalue weighted by atomic mass is 15.3. The number of rotatable bonds is 3. The van der Waals surface area contributed by atoms with Crippen molar-refractivity contribution in [2.75, 3.05) is 19.6 Å². The summed E-state index contributed by atoms with van der Waals surface area (Å²) in [5.74, 6) is 0. The van der Waals surface area contributed by atoms with Crippen molar-refractivity contribution in [2.24, 2.45) is 7.05 Å². The molecule has 1 aromatic heterocycles. The van der Waals surface area contributed by atoms with Gasteiger partial charge in [-0.15, -0.1) is 0 Å². The van der Waals surface area contributed by atoms with E-state index >= 15 is 0 Å². The minimum atomic E-state index is 0.604. The van der Waals surface area contributed by atoms with E-state index in [4.69, 9.17) is 0 Å². The Morgan fingerprint density at radius 2 is 2.38 bits per heavy atom. The molecule has 2 heterocycles. The summed E-state index contributed by atoms with van der Waals surface area (Å²) in [5, 5.41) is 7.95. The lowest BCUT2D eigenvalue weighted by Crippen LogP contribution is -2.48. The van der Waals surface area contributed by atoms with Crippen molar-refractivity contribution in [3.8, 4) is 0 Å². The van der Waals surface area contributed by atoms with E-state index in [2.05, 4.69) is 35.2 Å². The quantitative estimate of drug-likeness (QED) is 0.820. The number of nitrogens with zero attached hydrogens (tertiary/aromatic N) is 3. The zero-order valence-electron chi connectivity index (χ0n) is 10.5. The van der Waals surface area contributed by atoms with E-state index in [1.807, 2.05) is 11.7 Å². The smallest absolute Gasteiger partial charge is 0.0625 e. The topological polar surface area (TPSA) is 33.1 Å². The van der Waals surface area contributed by atoms with Crippen LogP contribution in [0.4, 0.5) is 0 Å². The van der Waals surface area contributed by atoms with Gasteiger partial charge in [0.25, 0.3) is 0 Å². The zero-order chi connectivity index (χ0) is 11.5. The van der Waals surface area contributed by atoms with Gasteiger partial charge in [-0.25, -0.2) is 0 Å². The maximum Gasteiger partial charge on any atom is 0.0625 e. The van der Waals surface area contributed by atoms with Gasteiger partial charge in [-0.05, 0) is 19.4 Å². The Bertz CT molecular complexity index is 345. The molecule has 1 atom stereocenters. The van der Waals surface area contributed by atoms with Crippen LogP contribution in [0.15, 0.2) is 6.07 Å². The molecule has 90 valence electrons. The Kier molecular flexibility index (Phi) is 3.61. The van der Waals surface area contributed by atoms with Crippen LogP contribution < -0.4 is 5.32 Å². The highest BCUT2D eigenvalue weighted by molar-refractivity contribution is 5.10. The van der Waals surface area contributed by atoms with E-state index < -0.39 is 0 Å². The third-order valence-corrected chi connectivity index (χ3v) is 3.23. The van der Waals surface area contributed by atoms with Crippen LogP contribution in [0.1, 0.15) is 25.2 Å². The number of nitrogens with one attached hydrogen (secondary N) is 1. The summed E-state index contributed by atoms with van der Waals surface area (Å²) < 4.78 is 2.02. The van der Waals surface area contributed by atoms with E-state index in [0.29, 0.717) is 6.04 Å². The van der Waals surface area contributed by atoms with Gasteiger partial charge in [-0.2, -0.15) is 5.10 Å². The van der Waals surface area contributed by atoms with E-state index in [1.165, 1.54) is 11.4 Å². The molecule has 0 bridgehead atoms. The molecule has 0 spiro atoms. The second kappa shape index (κ2) is 4.97. The van der Waals surface area contributed by atoms with Crippen LogP contribution in [0, 0.1) is 0 Å². The van der Waals surface area contributed by atoms with Gasteiger partial charge in [0.05, 0.1) is 11.4 Å². The fourth-order valence-electron chi connectivity index (χ4n) is 2.28. The van der Waals surface area contributed by atoms with Crippen LogP contribution in [0.25, 0.3) is 0 Å². The van der Waals surface area contributed by atoms with Crippen molar-refractivity contribution < 1.29 is 0 Å². The Hall–Kier alpha value is -0.870. The Morgan fingerprint density at radius 1 is 1.56 bits per heavy atom. The third-order valence-electron chi connectivity index (χ3n) is 3.23. The Balaban J connectivity index is 1.99. The molecular formula is C12H22N4. The maximum absolute atomic E-state index is 4.49. The molecule has 0 saturated carbocycles. The predicted octanol–water partition coefficient (Wildman–Crippen LogP) is 0.776. The normalized spacial score (nSPS) is 22.6. The van der Waals surface area contributed by atoms with Crippen LogP contribution in [0.2, 0.25) is 0 Å². The highest BCUT2D eigenvalue weighted by Crippen LogP contribution is 2.09. The first-order valence-corrected chi connectivity index (χ1v) is 6.16. The maximum atomic E-state index is 4.49. The summed E-state index contributed by atoms with van der Waals surface area (Å²) in [6.07, 6.45) is 1.02. The van der Waals surface area contributed by atoms with E-state index in [0.717, 1.165) is 32.6 Å². The number of aryl methyl sites for hydroxylation is 2. The summed E-state index contributed by atoms with van der Waals surface area (Å²) in [5.41, 5.74) is 2.52. The van der Waals surface area contributed by atoms with Crippen molar-refractivity contribution >= 4 is 0 Å². The largest absolute Gasteiger partial charge is 0.312 e. The van der Waals surface area contributed by atoms with E-state index in [9.17, 15) is 0 Å². The number of piperazine rings is 1.